The van der Waals surface area contributed by atoms with Gasteiger partial charge in [0.05, 0.1) is 0 Å². The van der Waals surface area contributed by atoms with E-state index < -0.39 is 5.97 Å². The highest BCUT2D eigenvalue weighted by molar-refractivity contribution is 5.80. The smallest absolute Gasteiger partial charge is 0.323 e. The van der Waals surface area contributed by atoms with E-state index in [4.69, 9.17) is 5.11 Å². The van der Waals surface area contributed by atoms with Gasteiger partial charge in [0.25, 0.3) is 0 Å². The number of likely N-dealkylation sites (N-methyl/N-ethyl adjacent to an activating group) is 1. The number of amides is 2. The van der Waals surface area contributed by atoms with Crippen molar-refractivity contribution >= 4 is 12.0 Å². The lowest BCUT2D eigenvalue weighted by atomic mass is 10.0. The number of aliphatic carboxylic acids is 1. The molecule has 0 aliphatic heterocycles. The summed E-state index contributed by atoms with van der Waals surface area (Å²) >= 11 is 0. The first-order chi connectivity index (χ1) is 9.81. The third kappa shape index (κ3) is 5.91. The van der Waals surface area contributed by atoms with Gasteiger partial charge in [0, 0.05) is 18.6 Å². The predicted octanol–water partition coefficient (Wildman–Crippen LogP) is 1.61. The number of nitrogens with zero attached hydrogens (tertiary/aromatic N) is 2. The van der Waals surface area contributed by atoms with E-state index >= 15 is 0 Å². The van der Waals surface area contributed by atoms with Crippen molar-refractivity contribution in [3.8, 4) is 0 Å². The SMILES string of the molecule is CC(C)C(CN(C)C)NC(=O)N(CC(=O)O)C1CCCC1. The fourth-order valence-electron chi connectivity index (χ4n) is 2.79. The van der Waals surface area contributed by atoms with Gasteiger partial charge in [-0.1, -0.05) is 26.7 Å². The Balaban J connectivity index is 2.71. The van der Waals surface area contributed by atoms with Crippen LogP contribution >= 0.6 is 0 Å². The fraction of sp³-hybridized carbons (Fsp3) is 0.867. The quantitative estimate of drug-likeness (QED) is 0.749. The lowest BCUT2D eigenvalue weighted by Crippen LogP contribution is -2.53. The monoisotopic (exact) mass is 299 g/mol. The van der Waals surface area contributed by atoms with E-state index in [9.17, 15) is 9.59 Å². The Morgan fingerprint density at radius 1 is 1.24 bits per heavy atom. The maximum absolute atomic E-state index is 12.5. The van der Waals surface area contributed by atoms with Crippen LogP contribution in [0.1, 0.15) is 39.5 Å². The molecule has 1 saturated carbocycles. The highest BCUT2D eigenvalue weighted by Crippen LogP contribution is 2.23. The number of hydrogen-bond acceptors (Lipinski definition) is 3. The molecule has 6 nitrogen and oxygen atoms in total. The Hall–Kier alpha value is -1.30. The van der Waals surface area contributed by atoms with E-state index in [0.717, 1.165) is 32.2 Å². The first-order valence-corrected chi connectivity index (χ1v) is 7.75. The first kappa shape index (κ1) is 17.8. The number of hydrogen-bond donors (Lipinski definition) is 2. The second-order valence-corrected chi connectivity index (χ2v) is 6.52. The summed E-state index contributed by atoms with van der Waals surface area (Å²) in [4.78, 5) is 27.1. The van der Waals surface area contributed by atoms with Crippen molar-refractivity contribution in [2.24, 2.45) is 5.92 Å². The largest absolute Gasteiger partial charge is 0.480 e. The predicted molar refractivity (Wildman–Crippen MR) is 82.3 cm³/mol. The number of urea groups is 1. The second kappa shape index (κ2) is 8.22. The average molecular weight is 299 g/mol. The molecule has 1 aliphatic carbocycles. The van der Waals surface area contributed by atoms with Gasteiger partial charge >= 0.3 is 12.0 Å². The highest BCUT2D eigenvalue weighted by atomic mass is 16.4. The molecule has 1 unspecified atom stereocenters. The Morgan fingerprint density at radius 2 is 1.81 bits per heavy atom. The Morgan fingerprint density at radius 3 is 2.24 bits per heavy atom. The molecule has 1 atom stereocenters. The molecule has 1 aliphatic rings. The van der Waals surface area contributed by atoms with Crippen molar-refractivity contribution in [3.63, 3.8) is 0 Å². The van der Waals surface area contributed by atoms with E-state index in [2.05, 4.69) is 19.2 Å². The van der Waals surface area contributed by atoms with Gasteiger partial charge in [-0.15, -0.1) is 0 Å². The summed E-state index contributed by atoms with van der Waals surface area (Å²) in [5, 5.41) is 12.1. The summed E-state index contributed by atoms with van der Waals surface area (Å²) in [6.45, 7) is 4.65. The normalized spacial score (nSPS) is 17.2. The third-order valence-corrected chi connectivity index (χ3v) is 4.01. The molecule has 6 heteroatoms. The fourth-order valence-corrected chi connectivity index (χ4v) is 2.79. The number of rotatable bonds is 7. The minimum Gasteiger partial charge on any atom is -0.480 e. The summed E-state index contributed by atoms with van der Waals surface area (Å²) in [6, 6.07) is -0.164. The van der Waals surface area contributed by atoms with Gasteiger partial charge in [-0.3, -0.25) is 4.79 Å². The van der Waals surface area contributed by atoms with Crippen LogP contribution in [0.2, 0.25) is 0 Å². The van der Waals surface area contributed by atoms with Crippen molar-refractivity contribution in [2.75, 3.05) is 27.2 Å². The molecule has 0 spiro atoms. The molecule has 1 rings (SSSR count). The van der Waals surface area contributed by atoms with Gasteiger partial charge in [0.15, 0.2) is 0 Å². The van der Waals surface area contributed by atoms with E-state index in [1.165, 1.54) is 4.90 Å². The molecule has 1 fully saturated rings. The van der Waals surface area contributed by atoms with E-state index in [1.807, 2.05) is 19.0 Å². The van der Waals surface area contributed by atoms with Crippen molar-refractivity contribution in [1.29, 1.82) is 0 Å². The summed E-state index contributed by atoms with van der Waals surface area (Å²) in [6.07, 6.45) is 3.94. The summed E-state index contributed by atoms with van der Waals surface area (Å²) in [5.74, 6) is -0.655. The molecule has 21 heavy (non-hydrogen) atoms. The second-order valence-electron chi connectivity index (χ2n) is 6.52. The molecule has 0 aromatic rings. The van der Waals surface area contributed by atoms with Crippen molar-refractivity contribution in [2.45, 2.75) is 51.6 Å². The third-order valence-electron chi connectivity index (χ3n) is 4.01. The van der Waals surface area contributed by atoms with Gasteiger partial charge in [0.2, 0.25) is 0 Å². The molecule has 0 aromatic carbocycles. The van der Waals surface area contributed by atoms with Crippen LogP contribution in [0.15, 0.2) is 0 Å². The molecule has 0 heterocycles. The van der Waals surface area contributed by atoms with E-state index in [0.29, 0.717) is 5.92 Å². The zero-order valence-electron chi connectivity index (χ0n) is 13.6. The van der Waals surface area contributed by atoms with Crippen LogP contribution in [0.5, 0.6) is 0 Å². The summed E-state index contributed by atoms with van der Waals surface area (Å²) < 4.78 is 0. The lowest BCUT2D eigenvalue weighted by Gasteiger charge is -2.32. The minimum atomic E-state index is -0.953. The van der Waals surface area contributed by atoms with Crippen LogP contribution in [0.3, 0.4) is 0 Å². The van der Waals surface area contributed by atoms with E-state index in [-0.39, 0.29) is 24.7 Å². The Bertz CT molecular complexity index is 352. The van der Waals surface area contributed by atoms with Gasteiger partial charge < -0.3 is 20.2 Å². The number of carbonyl (C=O) groups is 2. The zero-order chi connectivity index (χ0) is 16.0. The molecule has 2 amide bonds. The van der Waals surface area contributed by atoms with E-state index in [1.54, 1.807) is 0 Å². The summed E-state index contributed by atoms with van der Waals surface area (Å²) in [7, 11) is 3.93. The van der Waals surface area contributed by atoms with Crippen LogP contribution in [-0.4, -0.2) is 66.2 Å². The molecule has 0 aromatic heterocycles. The molecular formula is C15H29N3O3. The first-order valence-electron chi connectivity index (χ1n) is 7.75. The van der Waals surface area contributed by atoms with Crippen LogP contribution in [0, 0.1) is 5.92 Å². The average Bonchev–Trinajstić information content (AvgIpc) is 2.87. The number of carboxylic acids is 1. The van der Waals surface area contributed by atoms with Gasteiger partial charge in [-0.2, -0.15) is 0 Å². The van der Waals surface area contributed by atoms with Gasteiger partial charge in [-0.25, -0.2) is 4.79 Å². The zero-order valence-corrected chi connectivity index (χ0v) is 13.6. The number of carbonyl (C=O) groups excluding carboxylic acids is 1. The highest BCUT2D eigenvalue weighted by Gasteiger charge is 2.30. The standard InChI is InChI=1S/C15H29N3O3/c1-11(2)13(9-17(3)4)16-15(21)18(10-14(19)20)12-7-5-6-8-12/h11-13H,5-10H2,1-4H3,(H,16,21)(H,19,20). The maximum Gasteiger partial charge on any atom is 0.323 e. The topological polar surface area (TPSA) is 72.9 Å². The number of carboxylic acid groups (broad SMARTS) is 1. The maximum atomic E-state index is 12.5. The Kier molecular flexibility index (Phi) is 6.95. The van der Waals surface area contributed by atoms with Crippen LogP contribution < -0.4 is 5.32 Å². The summed E-state index contributed by atoms with van der Waals surface area (Å²) in [5.41, 5.74) is 0. The lowest BCUT2D eigenvalue weighted by molar-refractivity contribution is -0.138. The van der Waals surface area contributed by atoms with Crippen LogP contribution in [0.25, 0.3) is 0 Å². The molecule has 0 saturated heterocycles. The van der Waals surface area contributed by atoms with Gasteiger partial charge in [-0.05, 0) is 32.9 Å². The van der Waals surface area contributed by atoms with Crippen molar-refractivity contribution < 1.29 is 14.7 Å². The minimum absolute atomic E-state index is 0.0187. The molecule has 0 bridgehead atoms. The molecule has 0 radical (unpaired) electrons. The number of nitrogens with one attached hydrogen (secondary N) is 1. The molecule has 2 N–H and O–H groups in total. The van der Waals surface area contributed by atoms with Crippen molar-refractivity contribution in [3.05, 3.63) is 0 Å². The van der Waals surface area contributed by atoms with Crippen molar-refractivity contribution in [1.82, 2.24) is 15.1 Å². The van der Waals surface area contributed by atoms with Gasteiger partial charge in [0.1, 0.15) is 6.54 Å². The Labute approximate surface area is 127 Å². The molecular weight excluding hydrogens is 270 g/mol. The van der Waals surface area contributed by atoms with Crippen LogP contribution in [-0.2, 0) is 4.79 Å². The van der Waals surface area contributed by atoms with Crippen LogP contribution in [0.4, 0.5) is 4.79 Å². The molecule has 122 valence electrons.